The fraction of sp³-hybridized carbons (Fsp3) is 0.211. The molecule has 2 aromatic carbocycles. The summed E-state index contributed by atoms with van der Waals surface area (Å²) < 4.78 is 13.8. The van der Waals surface area contributed by atoms with E-state index in [2.05, 4.69) is 11.9 Å². The number of nitrogens with one attached hydrogen (secondary N) is 1. The highest BCUT2D eigenvalue weighted by Gasteiger charge is 2.17. The van der Waals surface area contributed by atoms with Gasteiger partial charge in [-0.05, 0) is 19.1 Å². The molecule has 7 heteroatoms. The van der Waals surface area contributed by atoms with E-state index >= 15 is 0 Å². The molecule has 0 atom stereocenters. The highest BCUT2D eigenvalue weighted by molar-refractivity contribution is 5.93. The Labute approximate surface area is 151 Å². The van der Waals surface area contributed by atoms with E-state index in [1.807, 2.05) is 0 Å². The lowest BCUT2D eigenvalue weighted by molar-refractivity contribution is -0.385. The normalized spacial score (nSPS) is 10.6. The topological polar surface area (TPSA) is 75.5 Å². The quantitative estimate of drug-likeness (QED) is 0.444. The number of hydrogen-bond acceptors (Lipinski definition) is 4. The lowest BCUT2D eigenvalue weighted by atomic mass is 10.1. The van der Waals surface area contributed by atoms with E-state index in [0.29, 0.717) is 23.4 Å². The van der Waals surface area contributed by atoms with E-state index in [1.165, 1.54) is 18.2 Å². The molecule has 0 bridgehead atoms. The van der Waals surface area contributed by atoms with Gasteiger partial charge in [-0.15, -0.1) is 6.58 Å². The minimum atomic E-state index is -0.493. The molecule has 0 radical (unpaired) electrons. The van der Waals surface area contributed by atoms with Crippen molar-refractivity contribution in [3.8, 4) is 0 Å². The summed E-state index contributed by atoms with van der Waals surface area (Å²) in [7, 11) is 0. The smallest absolute Gasteiger partial charge is 0.274 e. The summed E-state index contributed by atoms with van der Waals surface area (Å²) in [6, 6.07) is 10.9. The SMILES string of the molecule is C=CCN(CC(=O)Nc1cccc([N+](=O)[O-])c1C)Cc1ccccc1F. The molecule has 136 valence electrons. The van der Waals surface area contributed by atoms with Crippen LogP contribution in [0.15, 0.2) is 55.1 Å². The van der Waals surface area contributed by atoms with Crippen molar-refractivity contribution in [2.24, 2.45) is 0 Å². The summed E-state index contributed by atoms with van der Waals surface area (Å²) in [6.07, 6.45) is 1.63. The Morgan fingerprint density at radius 2 is 2.04 bits per heavy atom. The number of anilines is 1. The molecule has 26 heavy (non-hydrogen) atoms. The third-order valence-corrected chi connectivity index (χ3v) is 3.88. The maximum Gasteiger partial charge on any atom is 0.274 e. The summed E-state index contributed by atoms with van der Waals surface area (Å²) in [5, 5.41) is 13.7. The average Bonchev–Trinajstić information content (AvgIpc) is 2.58. The van der Waals surface area contributed by atoms with E-state index in [1.54, 1.807) is 42.2 Å². The molecule has 0 saturated carbocycles. The van der Waals surface area contributed by atoms with Crippen molar-refractivity contribution in [1.82, 2.24) is 4.90 Å². The van der Waals surface area contributed by atoms with Crippen LogP contribution in [0.4, 0.5) is 15.8 Å². The molecule has 6 nitrogen and oxygen atoms in total. The highest BCUT2D eigenvalue weighted by Crippen LogP contribution is 2.25. The molecule has 0 fully saturated rings. The van der Waals surface area contributed by atoms with E-state index in [4.69, 9.17) is 0 Å². The number of hydrogen-bond donors (Lipinski definition) is 1. The number of nitrogens with zero attached hydrogens (tertiary/aromatic N) is 2. The Hall–Kier alpha value is -3.06. The van der Waals surface area contributed by atoms with Gasteiger partial charge in [-0.25, -0.2) is 4.39 Å². The van der Waals surface area contributed by atoms with Crippen molar-refractivity contribution < 1.29 is 14.1 Å². The van der Waals surface area contributed by atoms with Gasteiger partial charge in [0.2, 0.25) is 5.91 Å². The van der Waals surface area contributed by atoms with Crippen LogP contribution in [0.2, 0.25) is 0 Å². The molecule has 0 aromatic heterocycles. The molecule has 0 saturated heterocycles. The van der Waals surface area contributed by atoms with Crippen LogP contribution >= 0.6 is 0 Å². The van der Waals surface area contributed by atoms with E-state index in [-0.39, 0.29) is 30.5 Å². The third-order valence-electron chi connectivity index (χ3n) is 3.88. The third kappa shape index (κ3) is 4.97. The first-order valence-corrected chi connectivity index (χ1v) is 8.03. The monoisotopic (exact) mass is 357 g/mol. The van der Waals surface area contributed by atoms with Crippen molar-refractivity contribution in [2.45, 2.75) is 13.5 Å². The molecule has 0 spiro atoms. The Balaban J connectivity index is 2.09. The fourth-order valence-electron chi connectivity index (χ4n) is 2.58. The van der Waals surface area contributed by atoms with Crippen LogP contribution in [-0.2, 0) is 11.3 Å². The minimum absolute atomic E-state index is 0.00247. The van der Waals surface area contributed by atoms with Crippen molar-refractivity contribution in [1.29, 1.82) is 0 Å². The Morgan fingerprint density at radius 3 is 2.69 bits per heavy atom. The Bertz CT molecular complexity index is 823. The summed E-state index contributed by atoms with van der Waals surface area (Å²) in [4.78, 5) is 24.6. The van der Waals surface area contributed by atoms with E-state index in [0.717, 1.165) is 0 Å². The van der Waals surface area contributed by atoms with Crippen molar-refractivity contribution >= 4 is 17.3 Å². The maximum absolute atomic E-state index is 13.8. The zero-order chi connectivity index (χ0) is 19.1. The van der Waals surface area contributed by atoms with Crippen LogP contribution in [-0.4, -0.2) is 28.8 Å². The number of nitro benzene ring substituents is 1. The minimum Gasteiger partial charge on any atom is -0.324 e. The lowest BCUT2D eigenvalue weighted by Gasteiger charge is -2.20. The molecule has 0 aliphatic carbocycles. The van der Waals surface area contributed by atoms with Gasteiger partial charge >= 0.3 is 0 Å². The van der Waals surface area contributed by atoms with Crippen LogP contribution in [0.5, 0.6) is 0 Å². The van der Waals surface area contributed by atoms with E-state index in [9.17, 15) is 19.3 Å². The predicted octanol–water partition coefficient (Wildman–Crippen LogP) is 3.67. The number of carbonyl (C=O) groups is 1. The number of nitro groups is 1. The highest BCUT2D eigenvalue weighted by atomic mass is 19.1. The molecule has 0 aliphatic heterocycles. The largest absolute Gasteiger partial charge is 0.324 e. The maximum atomic E-state index is 13.8. The van der Waals surface area contributed by atoms with Gasteiger partial charge in [-0.1, -0.05) is 30.3 Å². The molecule has 0 unspecified atom stereocenters. The Morgan fingerprint density at radius 1 is 1.31 bits per heavy atom. The first-order valence-electron chi connectivity index (χ1n) is 8.03. The van der Waals surface area contributed by atoms with Crippen molar-refractivity contribution in [2.75, 3.05) is 18.4 Å². The number of amides is 1. The van der Waals surface area contributed by atoms with Crippen LogP contribution in [0.25, 0.3) is 0 Å². The summed E-state index contributed by atoms with van der Waals surface area (Å²) in [5.74, 6) is -0.678. The lowest BCUT2D eigenvalue weighted by Crippen LogP contribution is -2.33. The number of halogens is 1. The number of carbonyl (C=O) groups excluding carboxylic acids is 1. The molecule has 1 N–H and O–H groups in total. The molecular weight excluding hydrogens is 337 g/mol. The van der Waals surface area contributed by atoms with Gasteiger partial charge < -0.3 is 5.32 Å². The second kappa shape index (κ2) is 8.87. The zero-order valence-corrected chi connectivity index (χ0v) is 14.4. The number of rotatable bonds is 8. The molecule has 2 aromatic rings. The zero-order valence-electron chi connectivity index (χ0n) is 14.4. The number of benzene rings is 2. The average molecular weight is 357 g/mol. The molecule has 1 amide bonds. The second-order valence-electron chi connectivity index (χ2n) is 5.80. The molecular formula is C19H20FN3O3. The van der Waals surface area contributed by atoms with Gasteiger partial charge in [0, 0.05) is 24.7 Å². The van der Waals surface area contributed by atoms with Gasteiger partial charge in [0.25, 0.3) is 5.69 Å². The van der Waals surface area contributed by atoms with Crippen LogP contribution in [0.1, 0.15) is 11.1 Å². The van der Waals surface area contributed by atoms with Gasteiger partial charge in [0.05, 0.1) is 22.7 Å². The standard InChI is InChI=1S/C19H20FN3O3/c1-3-11-22(12-15-7-4-5-8-16(15)20)13-19(24)21-17-9-6-10-18(14(17)2)23(25)26/h3-10H,1,11-13H2,2H3,(H,21,24). The predicted molar refractivity (Wildman–Crippen MR) is 98.3 cm³/mol. The second-order valence-corrected chi connectivity index (χ2v) is 5.80. The Kier molecular flexibility index (Phi) is 6.57. The van der Waals surface area contributed by atoms with Gasteiger partial charge in [-0.3, -0.25) is 19.8 Å². The first-order chi connectivity index (χ1) is 12.4. The van der Waals surface area contributed by atoms with Gasteiger partial charge in [-0.2, -0.15) is 0 Å². The summed E-state index contributed by atoms with van der Waals surface area (Å²) in [6.45, 7) is 5.89. The van der Waals surface area contributed by atoms with Crippen LogP contribution < -0.4 is 5.32 Å². The van der Waals surface area contributed by atoms with Gasteiger partial charge in [0.1, 0.15) is 5.82 Å². The molecule has 2 rings (SSSR count). The van der Waals surface area contributed by atoms with Crippen LogP contribution in [0.3, 0.4) is 0 Å². The summed E-state index contributed by atoms with van der Waals surface area (Å²) in [5.41, 5.74) is 1.19. The van der Waals surface area contributed by atoms with Crippen LogP contribution in [0, 0.1) is 22.9 Å². The van der Waals surface area contributed by atoms with Gasteiger partial charge in [0.15, 0.2) is 0 Å². The molecule has 0 heterocycles. The molecule has 0 aliphatic rings. The van der Waals surface area contributed by atoms with Crippen molar-refractivity contribution in [3.63, 3.8) is 0 Å². The van der Waals surface area contributed by atoms with Crippen molar-refractivity contribution in [3.05, 3.63) is 82.2 Å². The van der Waals surface area contributed by atoms with E-state index < -0.39 is 4.92 Å². The first kappa shape index (κ1) is 19.3. The summed E-state index contributed by atoms with van der Waals surface area (Å²) >= 11 is 0. The fourth-order valence-corrected chi connectivity index (χ4v) is 2.58.